The van der Waals surface area contributed by atoms with Gasteiger partial charge in [0.15, 0.2) is 17.5 Å². The van der Waals surface area contributed by atoms with Crippen LogP contribution in [0.15, 0.2) is 173 Å². The Morgan fingerprint density at radius 2 is 0.600 bits per heavy atom. The molecule has 0 saturated carbocycles. The Morgan fingerprint density at radius 1 is 0.260 bits per heavy atom. The molecule has 0 amide bonds. The van der Waals surface area contributed by atoms with Gasteiger partial charge in [0.2, 0.25) is 0 Å². The molecular weight excluding hydrogens is 615 g/mol. The Labute approximate surface area is 287 Å². The molecule has 5 nitrogen and oxygen atoms in total. The van der Waals surface area contributed by atoms with Gasteiger partial charge in [-0.15, -0.1) is 0 Å². The van der Waals surface area contributed by atoms with Gasteiger partial charge in [-0.2, -0.15) is 0 Å². The number of fused-ring (bicyclic) bond motifs is 6. The second kappa shape index (κ2) is 11.4. The van der Waals surface area contributed by atoms with E-state index in [1.165, 1.54) is 11.1 Å². The summed E-state index contributed by atoms with van der Waals surface area (Å²) in [5, 5.41) is 4.28. The third-order valence-corrected chi connectivity index (χ3v) is 9.38. The Morgan fingerprint density at radius 3 is 1.08 bits per heavy atom. The van der Waals surface area contributed by atoms with Crippen molar-refractivity contribution in [3.05, 3.63) is 164 Å². The van der Waals surface area contributed by atoms with E-state index in [0.29, 0.717) is 17.5 Å². The van der Waals surface area contributed by atoms with Crippen LogP contribution in [0, 0.1) is 0 Å². The fraction of sp³-hybridized carbons (Fsp3) is 0. The van der Waals surface area contributed by atoms with E-state index in [9.17, 15) is 0 Å². The Balaban J connectivity index is 1.07. The molecule has 0 aliphatic rings. The first-order valence-corrected chi connectivity index (χ1v) is 16.6. The van der Waals surface area contributed by atoms with E-state index in [0.717, 1.165) is 71.7 Å². The van der Waals surface area contributed by atoms with Crippen molar-refractivity contribution in [3.8, 4) is 56.4 Å². The number of benzene rings is 7. The number of rotatable bonds is 5. The summed E-state index contributed by atoms with van der Waals surface area (Å²) in [4.78, 5) is 15.0. The molecule has 10 rings (SSSR count). The molecule has 7 aromatic carbocycles. The van der Waals surface area contributed by atoms with Crippen molar-refractivity contribution >= 4 is 43.9 Å². The van der Waals surface area contributed by atoms with Crippen LogP contribution in [0.2, 0.25) is 0 Å². The average Bonchev–Trinajstić information content (AvgIpc) is 3.76. The fourth-order valence-electron chi connectivity index (χ4n) is 6.79. The molecule has 0 saturated heterocycles. The lowest BCUT2D eigenvalue weighted by atomic mass is 9.99. The minimum absolute atomic E-state index is 0.567. The van der Waals surface area contributed by atoms with Gasteiger partial charge < -0.3 is 8.83 Å². The van der Waals surface area contributed by atoms with Crippen molar-refractivity contribution in [3.63, 3.8) is 0 Å². The van der Waals surface area contributed by atoms with Crippen LogP contribution in [0.25, 0.3) is 100 Å². The highest BCUT2D eigenvalue weighted by Gasteiger charge is 2.16. The van der Waals surface area contributed by atoms with E-state index in [4.69, 9.17) is 23.8 Å². The molecule has 0 N–H and O–H groups in total. The second-order valence-corrected chi connectivity index (χ2v) is 12.4. The van der Waals surface area contributed by atoms with E-state index in [2.05, 4.69) is 109 Å². The van der Waals surface area contributed by atoms with E-state index in [-0.39, 0.29) is 0 Å². The molecule has 10 aromatic rings. The first kappa shape index (κ1) is 28.2. The summed E-state index contributed by atoms with van der Waals surface area (Å²) >= 11 is 0. The van der Waals surface area contributed by atoms with Crippen LogP contribution in [0.3, 0.4) is 0 Å². The zero-order valence-electron chi connectivity index (χ0n) is 26.7. The van der Waals surface area contributed by atoms with Crippen LogP contribution in [-0.4, -0.2) is 15.0 Å². The highest BCUT2D eigenvalue weighted by Crippen LogP contribution is 2.35. The predicted octanol–water partition coefficient (Wildman–Crippen LogP) is 12.0. The minimum Gasteiger partial charge on any atom is -0.456 e. The van der Waals surface area contributed by atoms with Crippen molar-refractivity contribution in [2.24, 2.45) is 0 Å². The van der Waals surface area contributed by atoms with Gasteiger partial charge in [-0.25, -0.2) is 15.0 Å². The van der Waals surface area contributed by atoms with Gasteiger partial charge in [0.25, 0.3) is 0 Å². The summed E-state index contributed by atoms with van der Waals surface area (Å²) < 4.78 is 12.5. The number of nitrogens with zero attached hydrogens (tertiary/aromatic N) is 3. The van der Waals surface area contributed by atoms with Gasteiger partial charge in [-0.05, 0) is 58.7 Å². The van der Waals surface area contributed by atoms with E-state index in [1.807, 2.05) is 54.6 Å². The fourth-order valence-corrected chi connectivity index (χ4v) is 6.79. The predicted molar refractivity (Wildman–Crippen MR) is 202 cm³/mol. The minimum atomic E-state index is 0.567. The normalized spacial score (nSPS) is 11.6. The summed E-state index contributed by atoms with van der Waals surface area (Å²) in [7, 11) is 0. The van der Waals surface area contributed by atoms with E-state index >= 15 is 0 Å². The zero-order valence-corrected chi connectivity index (χ0v) is 26.7. The molecule has 50 heavy (non-hydrogen) atoms. The van der Waals surface area contributed by atoms with Gasteiger partial charge >= 0.3 is 0 Å². The summed E-state index contributed by atoms with van der Waals surface area (Å²) in [6, 6.07) is 56.0. The van der Waals surface area contributed by atoms with Gasteiger partial charge in [0.1, 0.15) is 22.3 Å². The molecular formula is C45H27N3O2. The van der Waals surface area contributed by atoms with Crippen molar-refractivity contribution in [2.45, 2.75) is 0 Å². The van der Waals surface area contributed by atoms with Gasteiger partial charge in [0, 0.05) is 38.2 Å². The van der Waals surface area contributed by atoms with Crippen LogP contribution >= 0.6 is 0 Å². The monoisotopic (exact) mass is 641 g/mol. The van der Waals surface area contributed by atoms with Gasteiger partial charge in [0.05, 0.1) is 0 Å². The summed E-state index contributed by atoms with van der Waals surface area (Å²) in [5.74, 6) is 1.72. The van der Waals surface area contributed by atoms with E-state index in [1.54, 1.807) is 0 Å². The van der Waals surface area contributed by atoms with Crippen molar-refractivity contribution in [1.82, 2.24) is 15.0 Å². The summed E-state index contributed by atoms with van der Waals surface area (Å²) in [5.41, 5.74) is 10.5. The first-order valence-electron chi connectivity index (χ1n) is 16.6. The maximum absolute atomic E-state index is 6.23. The molecule has 0 spiro atoms. The lowest BCUT2D eigenvalue weighted by Gasteiger charge is -2.10. The Hall–Kier alpha value is -6.85. The highest BCUT2D eigenvalue weighted by atomic mass is 16.3. The SMILES string of the molecule is c1ccc(-c2ccc(-c3ccc(-c4nc(-c5ccc6c(c5)oc5ccccc56)nc(-c5ccc6c(c5)oc5ccccc56)n4)cc3)cc2)cc1. The Kier molecular flexibility index (Phi) is 6.42. The molecule has 0 aliphatic heterocycles. The number of aromatic nitrogens is 3. The summed E-state index contributed by atoms with van der Waals surface area (Å²) in [6.45, 7) is 0. The third kappa shape index (κ3) is 4.83. The summed E-state index contributed by atoms with van der Waals surface area (Å²) in [6.07, 6.45) is 0. The molecule has 3 heterocycles. The maximum Gasteiger partial charge on any atom is 0.164 e. The molecule has 0 bridgehead atoms. The quantitative estimate of drug-likeness (QED) is 0.187. The standard InChI is InChI=1S/C45H27N3O2/c1-2-8-28(9-3-1)29-14-16-30(17-15-29)31-18-20-32(21-19-31)43-46-44(33-22-24-37-35-10-4-6-12-39(35)49-41(37)26-33)48-45(47-43)34-23-25-38-36-11-5-7-13-40(36)50-42(38)27-34/h1-27H. The molecule has 0 aliphatic carbocycles. The van der Waals surface area contributed by atoms with Crippen LogP contribution in [0.5, 0.6) is 0 Å². The zero-order chi connectivity index (χ0) is 33.0. The maximum atomic E-state index is 6.23. The number of hydrogen-bond acceptors (Lipinski definition) is 5. The first-order chi connectivity index (χ1) is 24.7. The molecule has 3 aromatic heterocycles. The molecule has 5 heteroatoms. The molecule has 234 valence electrons. The molecule has 0 unspecified atom stereocenters. The number of hydrogen-bond donors (Lipinski definition) is 0. The average molecular weight is 642 g/mol. The highest BCUT2D eigenvalue weighted by molar-refractivity contribution is 6.06. The van der Waals surface area contributed by atoms with Crippen molar-refractivity contribution in [1.29, 1.82) is 0 Å². The van der Waals surface area contributed by atoms with Crippen LogP contribution < -0.4 is 0 Å². The molecule has 0 radical (unpaired) electrons. The second-order valence-electron chi connectivity index (χ2n) is 12.4. The van der Waals surface area contributed by atoms with Gasteiger partial charge in [-0.1, -0.05) is 127 Å². The lowest BCUT2D eigenvalue weighted by molar-refractivity contribution is 0.668. The van der Waals surface area contributed by atoms with Crippen molar-refractivity contribution < 1.29 is 8.83 Å². The van der Waals surface area contributed by atoms with Crippen LogP contribution in [-0.2, 0) is 0 Å². The van der Waals surface area contributed by atoms with Gasteiger partial charge in [-0.3, -0.25) is 0 Å². The van der Waals surface area contributed by atoms with Crippen molar-refractivity contribution in [2.75, 3.05) is 0 Å². The largest absolute Gasteiger partial charge is 0.456 e. The third-order valence-electron chi connectivity index (χ3n) is 9.38. The van der Waals surface area contributed by atoms with Crippen LogP contribution in [0.1, 0.15) is 0 Å². The Bertz CT molecular complexity index is 2720. The van der Waals surface area contributed by atoms with Crippen LogP contribution in [0.4, 0.5) is 0 Å². The molecule has 0 atom stereocenters. The number of para-hydroxylation sites is 2. The smallest absolute Gasteiger partial charge is 0.164 e. The lowest BCUT2D eigenvalue weighted by Crippen LogP contribution is -2.00. The topological polar surface area (TPSA) is 65.0 Å². The number of furan rings is 2. The molecule has 0 fully saturated rings. The van der Waals surface area contributed by atoms with E-state index < -0.39 is 0 Å².